The van der Waals surface area contributed by atoms with E-state index in [1.54, 1.807) is 14.2 Å². The summed E-state index contributed by atoms with van der Waals surface area (Å²) in [5.74, 6) is 1.80. The number of rotatable bonds is 4. The van der Waals surface area contributed by atoms with E-state index in [0.717, 1.165) is 49.5 Å². The molecule has 0 aromatic heterocycles. The Bertz CT molecular complexity index is 425. The van der Waals surface area contributed by atoms with E-state index in [2.05, 4.69) is 9.89 Å². The Balaban J connectivity index is 2.10. The van der Waals surface area contributed by atoms with E-state index in [4.69, 9.17) is 9.47 Å². The zero-order valence-corrected chi connectivity index (χ0v) is 12.0. The molecule has 1 saturated heterocycles. The number of hydrogen-bond acceptors (Lipinski definition) is 4. The average Bonchev–Trinajstić information content (AvgIpc) is 2.48. The predicted molar refractivity (Wildman–Crippen MR) is 77.4 cm³/mol. The average molecular weight is 262 g/mol. The summed E-state index contributed by atoms with van der Waals surface area (Å²) in [6, 6.07) is 5.93. The van der Waals surface area contributed by atoms with Gasteiger partial charge >= 0.3 is 0 Å². The van der Waals surface area contributed by atoms with Gasteiger partial charge in [-0.05, 0) is 25.0 Å². The van der Waals surface area contributed by atoms with Gasteiger partial charge in [0.2, 0.25) is 0 Å². The van der Waals surface area contributed by atoms with Crippen molar-refractivity contribution in [1.82, 2.24) is 4.90 Å². The number of methoxy groups -OCH3 is 2. The Labute approximate surface area is 115 Å². The third kappa shape index (κ3) is 3.26. The van der Waals surface area contributed by atoms with Crippen molar-refractivity contribution in [3.63, 3.8) is 0 Å². The van der Waals surface area contributed by atoms with E-state index < -0.39 is 0 Å². The molecule has 4 heteroatoms. The van der Waals surface area contributed by atoms with Crippen molar-refractivity contribution < 1.29 is 9.47 Å². The molecule has 1 aromatic rings. The van der Waals surface area contributed by atoms with Crippen LogP contribution in [0.2, 0.25) is 0 Å². The fourth-order valence-electron chi connectivity index (χ4n) is 2.50. The van der Waals surface area contributed by atoms with E-state index in [-0.39, 0.29) is 0 Å². The number of nitrogens with zero attached hydrogens (tertiary/aromatic N) is 2. The number of piperidine rings is 1. The van der Waals surface area contributed by atoms with Gasteiger partial charge in [-0.1, -0.05) is 6.07 Å². The second-order valence-corrected chi connectivity index (χ2v) is 4.71. The Morgan fingerprint density at radius 2 is 1.68 bits per heavy atom. The van der Waals surface area contributed by atoms with E-state index >= 15 is 0 Å². The summed E-state index contributed by atoms with van der Waals surface area (Å²) in [4.78, 5) is 6.72. The van der Waals surface area contributed by atoms with Gasteiger partial charge in [0.15, 0.2) is 0 Å². The third-order valence-corrected chi connectivity index (χ3v) is 3.66. The lowest BCUT2D eigenvalue weighted by Crippen LogP contribution is -2.33. The SMILES string of the molecule is CN=C1CCN(Cc2c(OC)cccc2OC)CC1. The second kappa shape index (κ2) is 6.57. The van der Waals surface area contributed by atoms with E-state index in [1.165, 1.54) is 5.71 Å². The van der Waals surface area contributed by atoms with Crippen LogP contribution in [0.1, 0.15) is 18.4 Å². The monoisotopic (exact) mass is 262 g/mol. The van der Waals surface area contributed by atoms with Crippen molar-refractivity contribution in [2.75, 3.05) is 34.4 Å². The fraction of sp³-hybridized carbons (Fsp3) is 0.533. The minimum atomic E-state index is 0.865. The van der Waals surface area contributed by atoms with Crippen molar-refractivity contribution >= 4 is 5.71 Å². The summed E-state index contributed by atoms with van der Waals surface area (Å²) in [6.07, 6.45) is 2.13. The van der Waals surface area contributed by atoms with Crippen molar-refractivity contribution in [3.05, 3.63) is 23.8 Å². The van der Waals surface area contributed by atoms with E-state index in [0.29, 0.717) is 0 Å². The Morgan fingerprint density at radius 3 is 2.16 bits per heavy atom. The summed E-state index contributed by atoms with van der Waals surface area (Å²) >= 11 is 0. The molecule has 1 aliphatic heterocycles. The molecule has 0 unspecified atom stereocenters. The van der Waals surface area contributed by atoms with Crippen LogP contribution < -0.4 is 9.47 Å². The van der Waals surface area contributed by atoms with E-state index in [1.807, 2.05) is 25.2 Å². The van der Waals surface area contributed by atoms with Crippen molar-refractivity contribution in [2.24, 2.45) is 4.99 Å². The molecule has 1 aromatic carbocycles. The number of hydrogen-bond donors (Lipinski definition) is 0. The lowest BCUT2D eigenvalue weighted by Gasteiger charge is -2.28. The highest BCUT2D eigenvalue weighted by Gasteiger charge is 2.18. The van der Waals surface area contributed by atoms with Gasteiger partial charge < -0.3 is 9.47 Å². The number of ether oxygens (including phenoxy) is 2. The maximum atomic E-state index is 5.44. The second-order valence-electron chi connectivity index (χ2n) is 4.71. The quantitative estimate of drug-likeness (QED) is 0.835. The molecule has 4 nitrogen and oxygen atoms in total. The van der Waals surface area contributed by atoms with Gasteiger partial charge in [-0.3, -0.25) is 9.89 Å². The van der Waals surface area contributed by atoms with Gasteiger partial charge in [0, 0.05) is 32.4 Å². The van der Waals surface area contributed by atoms with Crippen LogP contribution in [0.3, 0.4) is 0 Å². The molecule has 0 aliphatic carbocycles. The first-order chi connectivity index (χ1) is 9.28. The maximum absolute atomic E-state index is 5.44. The summed E-state index contributed by atoms with van der Waals surface area (Å²) < 4.78 is 10.9. The van der Waals surface area contributed by atoms with Crippen LogP contribution >= 0.6 is 0 Å². The summed E-state index contributed by atoms with van der Waals surface area (Å²) in [7, 11) is 5.29. The third-order valence-electron chi connectivity index (χ3n) is 3.66. The number of aliphatic imine (C=N–C) groups is 1. The smallest absolute Gasteiger partial charge is 0.127 e. The summed E-state index contributed by atoms with van der Waals surface area (Å²) in [5.41, 5.74) is 2.45. The zero-order chi connectivity index (χ0) is 13.7. The topological polar surface area (TPSA) is 34.1 Å². The highest BCUT2D eigenvalue weighted by molar-refractivity contribution is 5.85. The number of benzene rings is 1. The molecule has 0 N–H and O–H groups in total. The molecule has 19 heavy (non-hydrogen) atoms. The molecule has 0 atom stereocenters. The van der Waals surface area contributed by atoms with Crippen LogP contribution in [0.5, 0.6) is 11.5 Å². The molecular weight excluding hydrogens is 240 g/mol. The summed E-state index contributed by atoms with van der Waals surface area (Å²) in [6.45, 7) is 2.96. The molecule has 104 valence electrons. The van der Waals surface area contributed by atoms with Gasteiger partial charge in [0.1, 0.15) is 11.5 Å². The lowest BCUT2D eigenvalue weighted by molar-refractivity contribution is 0.256. The van der Waals surface area contributed by atoms with Crippen LogP contribution in [0, 0.1) is 0 Å². The van der Waals surface area contributed by atoms with Crippen LogP contribution in [0.15, 0.2) is 23.2 Å². The Kier molecular flexibility index (Phi) is 4.80. The first-order valence-corrected chi connectivity index (χ1v) is 6.65. The molecule has 1 fully saturated rings. The van der Waals surface area contributed by atoms with Gasteiger partial charge in [-0.2, -0.15) is 0 Å². The van der Waals surface area contributed by atoms with Crippen molar-refractivity contribution in [3.8, 4) is 11.5 Å². The Hall–Kier alpha value is -1.55. The standard InChI is InChI=1S/C15H22N2O2/c1-16-12-7-9-17(10-8-12)11-13-14(18-2)5-4-6-15(13)19-3/h4-6H,7-11H2,1-3H3. The zero-order valence-electron chi connectivity index (χ0n) is 12.0. The van der Waals surface area contributed by atoms with Gasteiger partial charge in [0.25, 0.3) is 0 Å². The van der Waals surface area contributed by atoms with Crippen LogP contribution in [-0.4, -0.2) is 45.0 Å². The van der Waals surface area contributed by atoms with Gasteiger partial charge in [-0.25, -0.2) is 0 Å². The minimum Gasteiger partial charge on any atom is -0.496 e. The van der Waals surface area contributed by atoms with Gasteiger partial charge in [-0.15, -0.1) is 0 Å². The lowest BCUT2D eigenvalue weighted by atomic mass is 10.1. The molecular formula is C15H22N2O2. The minimum absolute atomic E-state index is 0.865. The number of likely N-dealkylation sites (tertiary alicyclic amines) is 1. The molecule has 1 heterocycles. The van der Waals surface area contributed by atoms with Crippen LogP contribution in [0.25, 0.3) is 0 Å². The Morgan fingerprint density at radius 1 is 1.11 bits per heavy atom. The van der Waals surface area contributed by atoms with Crippen molar-refractivity contribution in [2.45, 2.75) is 19.4 Å². The molecule has 0 amide bonds. The summed E-state index contributed by atoms with van der Waals surface area (Å²) in [5, 5.41) is 0. The molecule has 0 saturated carbocycles. The normalized spacial score (nSPS) is 16.3. The molecule has 0 radical (unpaired) electrons. The highest BCUT2D eigenvalue weighted by atomic mass is 16.5. The first kappa shape index (κ1) is 13.9. The van der Waals surface area contributed by atoms with E-state index in [9.17, 15) is 0 Å². The van der Waals surface area contributed by atoms with Crippen molar-refractivity contribution in [1.29, 1.82) is 0 Å². The highest BCUT2D eigenvalue weighted by Crippen LogP contribution is 2.30. The largest absolute Gasteiger partial charge is 0.496 e. The van der Waals surface area contributed by atoms with Crippen LogP contribution in [0.4, 0.5) is 0 Å². The fourth-order valence-corrected chi connectivity index (χ4v) is 2.50. The van der Waals surface area contributed by atoms with Crippen LogP contribution in [-0.2, 0) is 6.54 Å². The predicted octanol–water partition coefficient (Wildman–Crippen LogP) is 2.37. The molecule has 2 rings (SSSR count). The first-order valence-electron chi connectivity index (χ1n) is 6.65. The molecule has 0 spiro atoms. The maximum Gasteiger partial charge on any atom is 0.127 e. The molecule has 0 bridgehead atoms. The van der Waals surface area contributed by atoms with Gasteiger partial charge in [0.05, 0.1) is 19.8 Å². The molecule has 1 aliphatic rings.